The van der Waals surface area contributed by atoms with Gasteiger partial charge in [0.2, 0.25) is 11.8 Å². The number of nitrogens with zero attached hydrogens (tertiary/aromatic N) is 1. The zero-order valence-electron chi connectivity index (χ0n) is 12.2. The van der Waals surface area contributed by atoms with Crippen molar-refractivity contribution in [1.82, 2.24) is 10.6 Å². The lowest BCUT2D eigenvalue weighted by Crippen LogP contribution is -2.55. The van der Waals surface area contributed by atoms with Gasteiger partial charge < -0.3 is 21.6 Å². The van der Waals surface area contributed by atoms with Crippen molar-refractivity contribution in [3.63, 3.8) is 0 Å². The third kappa shape index (κ3) is 3.46. The van der Waals surface area contributed by atoms with E-state index >= 15 is 0 Å². The van der Waals surface area contributed by atoms with Crippen molar-refractivity contribution in [1.29, 1.82) is 0 Å². The molecule has 0 aromatic heterocycles. The minimum atomic E-state index is -0.910. The molecule has 1 unspecified atom stereocenters. The zero-order chi connectivity index (χ0) is 15.3. The van der Waals surface area contributed by atoms with E-state index in [1.807, 2.05) is 0 Å². The Morgan fingerprint density at radius 2 is 2.00 bits per heavy atom. The van der Waals surface area contributed by atoms with Crippen molar-refractivity contribution < 1.29 is 14.8 Å². The molecule has 0 bridgehead atoms. The van der Waals surface area contributed by atoms with Crippen LogP contribution < -0.4 is 16.4 Å². The number of amides is 2. The predicted molar refractivity (Wildman–Crippen MR) is 77.7 cm³/mol. The standard InChI is InChI=1S/C14H24N4O3/c15-12(18-21)14(7-3-1-2-4-8-14)13(20)17-10-5-6-11(19)16-9-10/h10,21H,1-9H2,(H2,15,18)(H,16,19)(H,17,20). The Labute approximate surface area is 124 Å². The van der Waals surface area contributed by atoms with Crippen LogP contribution in [0.1, 0.15) is 51.4 Å². The van der Waals surface area contributed by atoms with Gasteiger partial charge >= 0.3 is 0 Å². The molecule has 1 saturated heterocycles. The SMILES string of the molecule is NC(=NO)C1(C(=O)NC2CCC(=O)NC2)CCCCCC1. The fourth-order valence-electron chi connectivity index (χ4n) is 3.21. The van der Waals surface area contributed by atoms with E-state index in [-0.39, 0.29) is 23.7 Å². The molecule has 1 saturated carbocycles. The van der Waals surface area contributed by atoms with Crippen LogP contribution in [-0.2, 0) is 9.59 Å². The van der Waals surface area contributed by atoms with Gasteiger partial charge in [-0.1, -0.05) is 30.8 Å². The van der Waals surface area contributed by atoms with E-state index in [2.05, 4.69) is 15.8 Å². The predicted octanol–water partition coefficient (Wildman–Crippen LogP) is 0.468. The third-order valence-electron chi connectivity index (χ3n) is 4.59. The number of rotatable bonds is 3. The smallest absolute Gasteiger partial charge is 0.234 e. The molecular weight excluding hydrogens is 272 g/mol. The molecule has 2 aliphatic rings. The number of amidine groups is 1. The summed E-state index contributed by atoms with van der Waals surface area (Å²) in [5.41, 5.74) is 4.94. The topological polar surface area (TPSA) is 117 Å². The summed E-state index contributed by atoms with van der Waals surface area (Å²) in [6, 6.07) is -0.0816. The van der Waals surface area contributed by atoms with Crippen LogP contribution in [0.2, 0.25) is 0 Å². The maximum Gasteiger partial charge on any atom is 0.234 e. The normalized spacial score (nSPS) is 26.6. The minimum absolute atomic E-state index is 0.00162. The number of nitrogens with one attached hydrogen (secondary N) is 2. The van der Waals surface area contributed by atoms with Crippen LogP contribution in [0.15, 0.2) is 5.16 Å². The molecule has 0 aromatic rings. The lowest BCUT2D eigenvalue weighted by Gasteiger charge is -2.33. The highest BCUT2D eigenvalue weighted by atomic mass is 16.4. The van der Waals surface area contributed by atoms with Gasteiger partial charge in [0.05, 0.1) is 0 Å². The van der Waals surface area contributed by atoms with Crippen molar-refractivity contribution in [3.8, 4) is 0 Å². The first-order chi connectivity index (χ1) is 10.1. The van der Waals surface area contributed by atoms with Gasteiger partial charge in [-0.25, -0.2) is 0 Å². The van der Waals surface area contributed by atoms with E-state index in [1.54, 1.807) is 0 Å². The molecule has 118 valence electrons. The van der Waals surface area contributed by atoms with E-state index in [9.17, 15) is 9.59 Å². The number of nitrogens with two attached hydrogens (primary N) is 1. The van der Waals surface area contributed by atoms with Gasteiger partial charge in [0.25, 0.3) is 0 Å². The fraction of sp³-hybridized carbons (Fsp3) is 0.786. The molecule has 2 amide bonds. The number of hydrogen-bond donors (Lipinski definition) is 4. The molecule has 2 rings (SSSR count). The number of hydrogen-bond acceptors (Lipinski definition) is 4. The van der Waals surface area contributed by atoms with Crippen molar-refractivity contribution in [3.05, 3.63) is 0 Å². The molecule has 2 fully saturated rings. The highest BCUT2D eigenvalue weighted by molar-refractivity contribution is 6.06. The third-order valence-corrected chi connectivity index (χ3v) is 4.59. The summed E-state index contributed by atoms with van der Waals surface area (Å²) in [6.07, 6.45) is 6.17. The quantitative estimate of drug-likeness (QED) is 0.199. The van der Waals surface area contributed by atoms with Gasteiger partial charge in [-0.05, 0) is 19.3 Å². The number of carbonyl (C=O) groups is 2. The Morgan fingerprint density at radius 1 is 1.33 bits per heavy atom. The first-order valence-electron chi connectivity index (χ1n) is 7.64. The van der Waals surface area contributed by atoms with Crippen molar-refractivity contribution in [2.45, 2.75) is 57.4 Å². The minimum Gasteiger partial charge on any atom is -0.409 e. The van der Waals surface area contributed by atoms with E-state index < -0.39 is 5.41 Å². The molecule has 0 spiro atoms. The van der Waals surface area contributed by atoms with E-state index in [0.717, 1.165) is 25.7 Å². The van der Waals surface area contributed by atoms with Crippen LogP contribution in [-0.4, -0.2) is 35.4 Å². The second kappa shape index (κ2) is 6.78. The van der Waals surface area contributed by atoms with Gasteiger partial charge in [-0.15, -0.1) is 0 Å². The molecule has 1 aliphatic heterocycles. The highest BCUT2D eigenvalue weighted by Crippen LogP contribution is 2.36. The molecule has 1 aliphatic carbocycles. The van der Waals surface area contributed by atoms with Gasteiger partial charge in [0.1, 0.15) is 5.41 Å². The van der Waals surface area contributed by atoms with E-state index in [0.29, 0.717) is 32.2 Å². The molecular formula is C14H24N4O3. The zero-order valence-corrected chi connectivity index (χ0v) is 12.2. The summed E-state index contributed by atoms with van der Waals surface area (Å²) in [5.74, 6) is -0.163. The average molecular weight is 296 g/mol. The van der Waals surface area contributed by atoms with Crippen LogP contribution in [0.25, 0.3) is 0 Å². The highest BCUT2D eigenvalue weighted by Gasteiger charge is 2.43. The summed E-state index contributed by atoms with van der Waals surface area (Å²) in [5, 5.41) is 17.9. The van der Waals surface area contributed by atoms with Gasteiger partial charge in [-0.2, -0.15) is 0 Å². The van der Waals surface area contributed by atoms with Crippen molar-refractivity contribution >= 4 is 17.6 Å². The summed E-state index contributed by atoms with van der Waals surface area (Å²) < 4.78 is 0. The molecule has 7 heteroatoms. The lowest BCUT2D eigenvalue weighted by atomic mass is 9.78. The maximum atomic E-state index is 12.7. The number of piperidine rings is 1. The number of oxime groups is 1. The van der Waals surface area contributed by atoms with Crippen LogP contribution >= 0.6 is 0 Å². The summed E-state index contributed by atoms with van der Waals surface area (Å²) >= 11 is 0. The molecule has 0 aromatic carbocycles. The van der Waals surface area contributed by atoms with Crippen LogP contribution in [0, 0.1) is 5.41 Å². The van der Waals surface area contributed by atoms with Crippen LogP contribution in [0.5, 0.6) is 0 Å². The van der Waals surface area contributed by atoms with Crippen LogP contribution in [0.4, 0.5) is 0 Å². The summed E-state index contributed by atoms with van der Waals surface area (Å²) in [7, 11) is 0. The van der Waals surface area contributed by atoms with E-state index in [1.165, 1.54) is 0 Å². The molecule has 7 nitrogen and oxygen atoms in total. The largest absolute Gasteiger partial charge is 0.409 e. The Hall–Kier alpha value is -1.79. The van der Waals surface area contributed by atoms with Crippen LogP contribution in [0.3, 0.4) is 0 Å². The van der Waals surface area contributed by atoms with Gasteiger partial charge in [0.15, 0.2) is 5.84 Å². The average Bonchev–Trinajstić information content (AvgIpc) is 2.75. The second-order valence-corrected chi connectivity index (χ2v) is 5.99. The lowest BCUT2D eigenvalue weighted by molar-refractivity contribution is -0.130. The Morgan fingerprint density at radius 3 is 2.52 bits per heavy atom. The van der Waals surface area contributed by atoms with Crippen molar-refractivity contribution in [2.75, 3.05) is 6.54 Å². The molecule has 5 N–H and O–H groups in total. The molecule has 0 radical (unpaired) electrons. The number of carbonyl (C=O) groups excluding carboxylic acids is 2. The first kappa shape index (κ1) is 15.6. The summed E-state index contributed by atoms with van der Waals surface area (Å²) in [4.78, 5) is 23.9. The molecule has 21 heavy (non-hydrogen) atoms. The van der Waals surface area contributed by atoms with Gasteiger partial charge in [0, 0.05) is 19.0 Å². The first-order valence-corrected chi connectivity index (χ1v) is 7.64. The monoisotopic (exact) mass is 296 g/mol. The van der Waals surface area contributed by atoms with Gasteiger partial charge in [-0.3, -0.25) is 9.59 Å². The Balaban J connectivity index is 2.09. The summed E-state index contributed by atoms with van der Waals surface area (Å²) in [6.45, 7) is 0.441. The Bertz CT molecular complexity index is 418. The maximum absolute atomic E-state index is 12.7. The Kier molecular flexibility index (Phi) is 5.03. The molecule has 1 atom stereocenters. The fourth-order valence-corrected chi connectivity index (χ4v) is 3.21. The van der Waals surface area contributed by atoms with Crippen molar-refractivity contribution in [2.24, 2.45) is 16.3 Å². The second-order valence-electron chi connectivity index (χ2n) is 5.99. The van der Waals surface area contributed by atoms with E-state index in [4.69, 9.17) is 10.9 Å². The molecule has 1 heterocycles.